The van der Waals surface area contributed by atoms with Gasteiger partial charge < -0.3 is 14.9 Å². The van der Waals surface area contributed by atoms with E-state index in [0.29, 0.717) is 12.1 Å². The molecule has 1 saturated heterocycles. The third kappa shape index (κ3) is 2.18. The quantitative estimate of drug-likeness (QED) is 0.731. The first kappa shape index (κ1) is 12.7. The highest BCUT2D eigenvalue weighted by molar-refractivity contribution is 5.95. The van der Waals surface area contributed by atoms with Crippen LogP contribution >= 0.6 is 0 Å². The molecule has 2 N–H and O–H groups in total. The van der Waals surface area contributed by atoms with Crippen molar-refractivity contribution in [2.75, 3.05) is 6.54 Å². The van der Waals surface area contributed by atoms with Gasteiger partial charge in [0.15, 0.2) is 0 Å². The highest BCUT2D eigenvalue weighted by Gasteiger charge is 2.22. The number of fused-ring (bicyclic) bond motifs is 1. The molecule has 0 amide bonds. The summed E-state index contributed by atoms with van der Waals surface area (Å²) in [5.74, 6) is 0. The number of nitrogens with one attached hydrogen (secondary N) is 2. The van der Waals surface area contributed by atoms with E-state index in [4.69, 9.17) is 0 Å². The molecule has 0 bridgehead atoms. The van der Waals surface area contributed by atoms with Crippen molar-refractivity contribution in [2.45, 2.75) is 31.8 Å². The molecule has 0 aliphatic carbocycles. The van der Waals surface area contributed by atoms with Gasteiger partial charge in [0.2, 0.25) is 0 Å². The molecular weight excluding hydrogens is 258 g/mol. The second-order valence-electron chi connectivity index (χ2n) is 6.08. The highest BCUT2D eigenvalue weighted by atomic mass is 15.0. The zero-order valence-electron chi connectivity index (χ0n) is 12.3. The van der Waals surface area contributed by atoms with Gasteiger partial charge in [-0.3, -0.25) is 0 Å². The molecule has 21 heavy (non-hydrogen) atoms. The molecule has 3 heteroatoms. The number of nitrogens with zero attached hydrogens (tertiary/aromatic N) is 1. The van der Waals surface area contributed by atoms with E-state index in [1.165, 1.54) is 35.0 Å². The summed E-state index contributed by atoms with van der Waals surface area (Å²) in [4.78, 5) is 3.34. The summed E-state index contributed by atoms with van der Waals surface area (Å²) in [6, 6.07) is 14.1. The average molecular weight is 279 g/mol. The largest absolute Gasteiger partial charge is 0.361 e. The van der Waals surface area contributed by atoms with Gasteiger partial charge in [-0.05, 0) is 44.5 Å². The summed E-state index contributed by atoms with van der Waals surface area (Å²) >= 11 is 0. The van der Waals surface area contributed by atoms with Crippen molar-refractivity contribution in [2.24, 2.45) is 0 Å². The number of aromatic amines is 1. The molecule has 2 aromatic heterocycles. The van der Waals surface area contributed by atoms with Crippen LogP contribution < -0.4 is 5.32 Å². The molecular formula is C18H21N3. The van der Waals surface area contributed by atoms with Crippen molar-refractivity contribution in [1.82, 2.24) is 14.9 Å². The SMILES string of the molecule is CC1CC(n2cc(-c3ccc[nH]3)c3ccccc32)CCN1. The fourth-order valence-electron chi connectivity index (χ4n) is 3.58. The Kier molecular flexibility index (Phi) is 3.08. The van der Waals surface area contributed by atoms with Crippen molar-refractivity contribution < 1.29 is 0 Å². The third-order valence-electron chi connectivity index (χ3n) is 4.62. The zero-order chi connectivity index (χ0) is 14.2. The number of aromatic nitrogens is 2. The van der Waals surface area contributed by atoms with Crippen molar-refractivity contribution >= 4 is 10.9 Å². The Hall–Kier alpha value is -2.00. The van der Waals surface area contributed by atoms with Crippen LogP contribution in [0.4, 0.5) is 0 Å². The third-order valence-corrected chi connectivity index (χ3v) is 4.62. The minimum Gasteiger partial charge on any atom is -0.361 e. The minimum absolute atomic E-state index is 0.592. The van der Waals surface area contributed by atoms with E-state index in [-0.39, 0.29) is 0 Å². The van der Waals surface area contributed by atoms with E-state index in [0.717, 1.165) is 6.54 Å². The molecule has 1 fully saturated rings. The fraction of sp³-hybridized carbons (Fsp3) is 0.333. The van der Waals surface area contributed by atoms with Gasteiger partial charge in [0.1, 0.15) is 0 Å². The summed E-state index contributed by atoms with van der Waals surface area (Å²) in [5, 5.41) is 4.88. The van der Waals surface area contributed by atoms with Crippen LogP contribution in [0.15, 0.2) is 48.8 Å². The van der Waals surface area contributed by atoms with E-state index in [9.17, 15) is 0 Å². The monoisotopic (exact) mass is 279 g/mol. The average Bonchev–Trinajstić information content (AvgIpc) is 3.14. The first-order chi connectivity index (χ1) is 10.3. The molecule has 2 atom stereocenters. The Morgan fingerprint density at radius 3 is 2.86 bits per heavy atom. The van der Waals surface area contributed by atoms with Gasteiger partial charge in [-0.25, -0.2) is 0 Å². The molecule has 108 valence electrons. The van der Waals surface area contributed by atoms with Crippen molar-refractivity contribution in [3.8, 4) is 11.3 Å². The summed E-state index contributed by atoms with van der Waals surface area (Å²) in [6.45, 7) is 3.39. The molecule has 1 aliphatic heterocycles. The maximum absolute atomic E-state index is 3.54. The minimum atomic E-state index is 0.592. The second-order valence-corrected chi connectivity index (χ2v) is 6.08. The molecule has 1 aliphatic rings. The Bertz CT molecular complexity index is 739. The van der Waals surface area contributed by atoms with Crippen LogP contribution in [0.1, 0.15) is 25.8 Å². The van der Waals surface area contributed by atoms with Gasteiger partial charge in [0.25, 0.3) is 0 Å². The Morgan fingerprint density at radius 2 is 2.05 bits per heavy atom. The molecule has 3 aromatic rings. The maximum atomic E-state index is 3.54. The first-order valence-electron chi connectivity index (χ1n) is 7.79. The molecule has 0 radical (unpaired) electrons. The van der Waals surface area contributed by atoms with E-state index < -0.39 is 0 Å². The van der Waals surface area contributed by atoms with Crippen LogP contribution in [0.5, 0.6) is 0 Å². The van der Waals surface area contributed by atoms with Gasteiger partial charge in [-0.2, -0.15) is 0 Å². The second kappa shape index (κ2) is 5.08. The van der Waals surface area contributed by atoms with Gasteiger partial charge in [0, 0.05) is 46.6 Å². The lowest BCUT2D eigenvalue weighted by molar-refractivity contribution is 0.319. The first-order valence-corrected chi connectivity index (χ1v) is 7.79. The molecule has 0 saturated carbocycles. The summed E-state index contributed by atoms with van der Waals surface area (Å²) in [7, 11) is 0. The number of rotatable bonds is 2. The van der Waals surface area contributed by atoms with Crippen molar-refractivity contribution in [1.29, 1.82) is 0 Å². The van der Waals surface area contributed by atoms with Crippen molar-refractivity contribution in [3.05, 3.63) is 48.8 Å². The van der Waals surface area contributed by atoms with Gasteiger partial charge in [-0.1, -0.05) is 18.2 Å². The molecule has 2 unspecified atom stereocenters. The van der Waals surface area contributed by atoms with Crippen LogP contribution in [0.2, 0.25) is 0 Å². The summed E-state index contributed by atoms with van der Waals surface area (Å²) in [5.41, 5.74) is 3.86. The Morgan fingerprint density at radius 1 is 1.14 bits per heavy atom. The van der Waals surface area contributed by atoms with Crippen LogP contribution in [0, 0.1) is 0 Å². The Balaban J connectivity index is 1.86. The molecule has 3 heterocycles. The van der Waals surface area contributed by atoms with E-state index >= 15 is 0 Å². The number of hydrogen-bond donors (Lipinski definition) is 2. The zero-order valence-corrected chi connectivity index (χ0v) is 12.3. The lowest BCUT2D eigenvalue weighted by atomic mass is 10.0. The van der Waals surface area contributed by atoms with Crippen LogP contribution in [0.3, 0.4) is 0 Å². The number of benzene rings is 1. The standard InChI is InChI=1S/C18H21N3/c1-13-11-14(8-10-19-13)21-12-16(17-6-4-9-20-17)15-5-2-3-7-18(15)21/h2-7,9,12-14,19-20H,8,10-11H2,1H3. The number of para-hydroxylation sites is 1. The lowest BCUT2D eigenvalue weighted by Gasteiger charge is -2.29. The Labute approximate surface area is 125 Å². The maximum Gasteiger partial charge on any atom is 0.0489 e. The topological polar surface area (TPSA) is 32.8 Å². The number of piperidine rings is 1. The van der Waals surface area contributed by atoms with Crippen LogP contribution in [-0.2, 0) is 0 Å². The lowest BCUT2D eigenvalue weighted by Crippen LogP contribution is -2.36. The number of H-pyrrole nitrogens is 1. The van der Waals surface area contributed by atoms with Crippen LogP contribution in [0.25, 0.3) is 22.2 Å². The van der Waals surface area contributed by atoms with E-state index in [1.54, 1.807) is 0 Å². The summed E-state index contributed by atoms with van der Waals surface area (Å²) < 4.78 is 2.49. The van der Waals surface area contributed by atoms with Gasteiger partial charge in [-0.15, -0.1) is 0 Å². The predicted octanol–water partition coefficient (Wildman–Crippen LogP) is 3.95. The summed E-state index contributed by atoms with van der Waals surface area (Å²) in [6.07, 6.45) is 6.73. The van der Waals surface area contributed by atoms with Gasteiger partial charge in [0.05, 0.1) is 0 Å². The van der Waals surface area contributed by atoms with Crippen molar-refractivity contribution in [3.63, 3.8) is 0 Å². The molecule has 0 spiro atoms. The predicted molar refractivity (Wildman–Crippen MR) is 87.5 cm³/mol. The van der Waals surface area contributed by atoms with E-state index in [2.05, 4.69) is 64.4 Å². The molecule has 4 rings (SSSR count). The molecule has 3 nitrogen and oxygen atoms in total. The van der Waals surface area contributed by atoms with E-state index in [1.807, 2.05) is 6.20 Å². The fourth-order valence-corrected chi connectivity index (χ4v) is 3.58. The number of hydrogen-bond acceptors (Lipinski definition) is 1. The normalized spacial score (nSPS) is 22.7. The van der Waals surface area contributed by atoms with Crippen LogP contribution in [-0.4, -0.2) is 22.1 Å². The smallest absolute Gasteiger partial charge is 0.0489 e. The van der Waals surface area contributed by atoms with Gasteiger partial charge >= 0.3 is 0 Å². The molecule has 1 aromatic carbocycles. The highest BCUT2D eigenvalue weighted by Crippen LogP contribution is 2.34.